The molecule has 0 spiro atoms. The van der Waals surface area contributed by atoms with Crippen molar-refractivity contribution in [3.05, 3.63) is 0 Å². The van der Waals surface area contributed by atoms with E-state index in [1.165, 1.54) is 0 Å². The van der Waals surface area contributed by atoms with E-state index in [1.54, 1.807) is 0 Å². The second kappa shape index (κ2) is 9.60. The molecule has 1 rings (SSSR count). The van der Waals surface area contributed by atoms with E-state index in [9.17, 15) is 9.59 Å². The molecule has 0 saturated carbocycles. The fourth-order valence-corrected chi connectivity index (χ4v) is 2.67. The van der Waals surface area contributed by atoms with Gasteiger partial charge in [-0.05, 0) is 32.2 Å². The van der Waals surface area contributed by atoms with Gasteiger partial charge in [0.05, 0.1) is 0 Å². The Morgan fingerprint density at radius 1 is 1.24 bits per heavy atom. The molecule has 1 heterocycles. The molecule has 122 valence electrons. The first-order valence-corrected chi connectivity index (χ1v) is 8.09. The summed E-state index contributed by atoms with van der Waals surface area (Å²) in [4.78, 5) is 25.4. The third-order valence-corrected chi connectivity index (χ3v) is 3.91. The number of carbonyl (C=O) groups is 2. The molecule has 1 aliphatic heterocycles. The van der Waals surface area contributed by atoms with E-state index in [2.05, 4.69) is 22.5 Å². The highest BCUT2D eigenvalue weighted by Crippen LogP contribution is 2.10. The number of likely N-dealkylation sites (tertiary alicyclic amines) is 1. The van der Waals surface area contributed by atoms with Crippen molar-refractivity contribution >= 4 is 12.0 Å². The van der Waals surface area contributed by atoms with Gasteiger partial charge in [0.15, 0.2) is 0 Å². The van der Waals surface area contributed by atoms with Crippen LogP contribution in [0, 0.1) is 0 Å². The van der Waals surface area contributed by atoms with Crippen molar-refractivity contribution < 1.29 is 14.7 Å². The molecule has 6 heteroatoms. The lowest BCUT2D eigenvalue weighted by Crippen LogP contribution is -2.51. The number of hydrogen-bond donors (Lipinski definition) is 3. The van der Waals surface area contributed by atoms with Crippen LogP contribution in [0.5, 0.6) is 0 Å². The summed E-state index contributed by atoms with van der Waals surface area (Å²) >= 11 is 0. The second-order valence-electron chi connectivity index (χ2n) is 5.77. The molecule has 3 N–H and O–H groups in total. The van der Waals surface area contributed by atoms with Crippen molar-refractivity contribution in [1.29, 1.82) is 0 Å². The highest BCUT2D eigenvalue weighted by atomic mass is 16.4. The number of hydrogen-bond acceptors (Lipinski definition) is 3. The third-order valence-electron chi connectivity index (χ3n) is 3.91. The number of urea groups is 1. The van der Waals surface area contributed by atoms with E-state index >= 15 is 0 Å². The summed E-state index contributed by atoms with van der Waals surface area (Å²) in [5.74, 6) is -0.962. The van der Waals surface area contributed by atoms with Crippen LogP contribution >= 0.6 is 0 Å². The molecule has 21 heavy (non-hydrogen) atoms. The molecular formula is C15H29N3O3. The summed E-state index contributed by atoms with van der Waals surface area (Å²) in [7, 11) is 0. The van der Waals surface area contributed by atoms with Crippen LogP contribution in [0.3, 0.4) is 0 Å². The molecule has 0 aromatic carbocycles. The molecule has 0 bridgehead atoms. The summed E-state index contributed by atoms with van der Waals surface area (Å²) in [5, 5.41) is 14.6. The van der Waals surface area contributed by atoms with Gasteiger partial charge in [-0.15, -0.1) is 0 Å². The summed E-state index contributed by atoms with van der Waals surface area (Å²) in [6.45, 7) is 7.27. The van der Waals surface area contributed by atoms with Crippen LogP contribution in [-0.4, -0.2) is 53.7 Å². The van der Waals surface area contributed by atoms with Crippen LogP contribution in [0.2, 0.25) is 0 Å². The minimum absolute atomic E-state index is 0.152. The topological polar surface area (TPSA) is 81.7 Å². The van der Waals surface area contributed by atoms with Gasteiger partial charge in [0.1, 0.15) is 6.04 Å². The van der Waals surface area contributed by atoms with E-state index in [1.807, 2.05) is 6.92 Å². The van der Waals surface area contributed by atoms with Crippen LogP contribution in [0.4, 0.5) is 4.79 Å². The Morgan fingerprint density at radius 2 is 1.90 bits per heavy atom. The first-order chi connectivity index (χ1) is 10.1. The lowest BCUT2D eigenvalue weighted by atomic mass is 10.1. The summed E-state index contributed by atoms with van der Waals surface area (Å²) in [6.07, 6.45) is 5.21. The number of aliphatic carboxylic acids is 1. The largest absolute Gasteiger partial charge is 0.480 e. The van der Waals surface area contributed by atoms with Crippen molar-refractivity contribution in [1.82, 2.24) is 15.5 Å². The fourth-order valence-electron chi connectivity index (χ4n) is 2.67. The van der Waals surface area contributed by atoms with E-state index in [-0.39, 0.29) is 12.1 Å². The number of carbonyl (C=O) groups excluding carboxylic acids is 1. The Labute approximate surface area is 127 Å². The van der Waals surface area contributed by atoms with Gasteiger partial charge >= 0.3 is 12.0 Å². The van der Waals surface area contributed by atoms with Gasteiger partial charge in [-0.25, -0.2) is 9.59 Å². The fraction of sp³-hybridized carbons (Fsp3) is 0.867. The van der Waals surface area contributed by atoms with Gasteiger partial charge in [0.2, 0.25) is 0 Å². The van der Waals surface area contributed by atoms with E-state index in [0.717, 1.165) is 51.7 Å². The molecule has 2 amide bonds. The maximum absolute atomic E-state index is 11.9. The van der Waals surface area contributed by atoms with Crippen LogP contribution in [-0.2, 0) is 4.79 Å². The molecule has 1 fully saturated rings. The Balaban J connectivity index is 2.31. The zero-order chi connectivity index (χ0) is 15.7. The molecule has 0 aromatic heterocycles. The van der Waals surface area contributed by atoms with Crippen molar-refractivity contribution in [3.8, 4) is 0 Å². The molecule has 0 unspecified atom stereocenters. The minimum Gasteiger partial charge on any atom is -0.480 e. The van der Waals surface area contributed by atoms with Gasteiger partial charge in [0, 0.05) is 19.1 Å². The van der Waals surface area contributed by atoms with Gasteiger partial charge in [-0.2, -0.15) is 0 Å². The minimum atomic E-state index is -0.962. The van der Waals surface area contributed by atoms with E-state index in [0.29, 0.717) is 6.42 Å². The average Bonchev–Trinajstić information content (AvgIpc) is 2.45. The first kappa shape index (κ1) is 17.8. The van der Waals surface area contributed by atoms with Crippen molar-refractivity contribution in [2.45, 2.75) is 64.5 Å². The number of nitrogens with zero attached hydrogens (tertiary/aromatic N) is 1. The Kier molecular flexibility index (Phi) is 8.12. The number of unbranched alkanes of at least 4 members (excludes halogenated alkanes) is 1. The molecule has 0 aromatic rings. The Morgan fingerprint density at radius 3 is 2.43 bits per heavy atom. The van der Waals surface area contributed by atoms with Gasteiger partial charge < -0.3 is 20.6 Å². The zero-order valence-electron chi connectivity index (χ0n) is 13.2. The normalized spacial score (nSPS) is 18.2. The van der Waals surface area contributed by atoms with Crippen LogP contribution in [0.1, 0.15) is 52.4 Å². The van der Waals surface area contributed by atoms with E-state index in [4.69, 9.17) is 5.11 Å². The van der Waals surface area contributed by atoms with Crippen molar-refractivity contribution in [2.75, 3.05) is 19.6 Å². The highest BCUT2D eigenvalue weighted by molar-refractivity contribution is 5.82. The number of carboxylic acids is 1. The smallest absolute Gasteiger partial charge is 0.326 e. The van der Waals surface area contributed by atoms with Crippen molar-refractivity contribution in [2.24, 2.45) is 0 Å². The standard InChI is InChI=1S/C15H29N3O3/c1-3-5-6-13(14(19)20)17-15(21)16-12-7-10-18(9-4-2)11-8-12/h12-13H,3-11H2,1-2H3,(H,19,20)(H2,16,17,21)/t13-/m0/s1. The molecule has 1 aliphatic rings. The van der Waals surface area contributed by atoms with Crippen molar-refractivity contribution in [3.63, 3.8) is 0 Å². The predicted molar refractivity (Wildman–Crippen MR) is 82.4 cm³/mol. The maximum atomic E-state index is 11.9. The summed E-state index contributed by atoms with van der Waals surface area (Å²) < 4.78 is 0. The predicted octanol–water partition coefficient (Wildman–Crippen LogP) is 1.80. The molecule has 0 aliphatic carbocycles. The Bertz CT molecular complexity index is 328. The molecule has 0 radical (unpaired) electrons. The second-order valence-corrected chi connectivity index (χ2v) is 5.77. The number of nitrogens with one attached hydrogen (secondary N) is 2. The summed E-state index contributed by atoms with van der Waals surface area (Å²) in [6, 6.07) is -0.990. The van der Waals surface area contributed by atoms with Crippen LogP contribution in [0.25, 0.3) is 0 Å². The third kappa shape index (κ3) is 6.80. The number of amides is 2. The van der Waals surface area contributed by atoms with Gasteiger partial charge in [-0.1, -0.05) is 26.7 Å². The first-order valence-electron chi connectivity index (χ1n) is 8.09. The number of carboxylic acid groups (broad SMARTS) is 1. The zero-order valence-corrected chi connectivity index (χ0v) is 13.2. The van der Waals surface area contributed by atoms with E-state index < -0.39 is 12.0 Å². The van der Waals surface area contributed by atoms with Crippen LogP contribution in [0.15, 0.2) is 0 Å². The molecular weight excluding hydrogens is 270 g/mol. The average molecular weight is 299 g/mol. The quantitative estimate of drug-likeness (QED) is 0.638. The number of piperidine rings is 1. The van der Waals surface area contributed by atoms with Gasteiger partial charge in [-0.3, -0.25) is 0 Å². The molecule has 6 nitrogen and oxygen atoms in total. The maximum Gasteiger partial charge on any atom is 0.326 e. The van der Waals surface area contributed by atoms with Gasteiger partial charge in [0.25, 0.3) is 0 Å². The lowest BCUT2D eigenvalue weighted by Gasteiger charge is -2.32. The summed E-state index contributed by atoms with van der Waals surface area (Å²) in [5.41, 5.74) is 0. The Hall–Kier alpha value is -1.30. The van der Waals surface area contributed by atoms with Crippen LogP contribution < -0.4 is 10.6 Å². The SMILES string of the molecule is CCCC[C@H](NC(=O)NC1CCN(CCC)CC1)C(=O)O. The highest BCUT2D eigenvalue weighted by Gasteiger charge is 2.23. The number of rotatable bonds is 8. The monoisotopic (exact) mass is 299 g/mol. The lowest BCUT2D eigenvalue weighted by molar-refractivity contribution is -0.139. The molecule has 1 atom stereocenters. The molecule has 1 saturated heterocycles.